The Labute approximate surface area is 143 Å². The first-order valence-electron chi connectivity index (χ1n) is 8.92. The van der Waals surface area contributed by atoms with Gasteiger partial charge in [0, 0.05) is 18.2 Å². The van der Waals surface area contributed by atoms with E-state index in [1.807, 2.05) is 24.3 Å². The highest BCUT2D eigenvalue weighted by molar-refractivity contribution is 6.02. The average molecular weight is 320 g/mol. The lowest BCUT2D eigenvalue weighted by Crippen LogP contribution is -2.65. The van der Waals surface area contributed by atoms with Gasteiger partial charge >= 0.3 is 0 Å². The van der Waals surface area contributed by atoms with Gasteiger partial charge in [-0.25, -0.2) is 0 Å². The fourth-order valence-electron chi connectivity index (χ4n) is 4.25. The summed E-state index contributed by atoms with van der Waals surface area (Å²) < 4.78 is 0. The number of para-hydroxylation sites is 1. The maximum absolute atomic E-state index is 13.3. The molecule has 0 saturated carbocycles. The first-order valence-corrected chi connectivity index (χ1v) is 8.92. The third kappa shape index (κ3) is 2.22. The Morgan fingerprint density at radius 1 is 1.12 bits per heavy atom. The minimum Gasteiger partial charge on any atom is -0.362 e. The standard InChI is InChI=1S/C21H24N2O/c1-3-15(2)23-20(24)18-10-6-7-11-19(18)22-21(23)13-12-16-8-4-5-9-17(16)14-21/h4-11,15,22H,3,12-14H2,1-2H3/t15-,21+/m1/s1. The van der Waals surface area contributed by atoms with Crippen molar-refractivity contribution in [1.29, 1.82) is 0 Å². The van der Waals surface area contributed by atoms with E-state index in [1.54, 1.807) is 0 Å². The second kappa shape index (κ2) is 5.66. The second-order valence-electron chi connectivity index (χ2n) is 7.08. The number of rotatable bonds is 2. The van der Waals surface area contributed by atoms with Crippen molar-refractivity contribution in [2.75, 3.05) is 5.32 Å². The number of anilines is 1. The quantitative estimate of drug-likeness (QED) is 0.897. The van der Waals surface area contributed by atoms with Crippen molar-refractivity contribution in [3.63, 3.8) is 0 Å². The maximum Gasteiger partial charge on any atom is 0.258 e. The number of hydrogen-bond acceptors (Lipinski definition) is 2. The summed E-state index contributed by atoms with van der Waals surface area (Å²) in [6.07, 6.45) is 3.78. The molecular weight excluding hydrogens is 296 g/mol. The van der Waals surface area contributed by atoms with E-state index < -0.39 is 0 Å². The lowest BCUT2D eigenvalue weighted by molar-refractivity contribution is 0.0317. The van der Waals surface area contributed by atoms with Crippen molar-refractivity contribution in [2.24, 2.45) is 0 Å². The zero-order valence-corrected chi connectivity index (χ0v) is 14.4. The summed E-state index contributed by atoms with van der Waals surface area (Å²) in [7, 11) is 0. The molecule has 3 nitrogen and oxygen atoms in total. The highest BCUT2D eigenvalue weighted by Crippen LogP contribution is 2.41. The van der Waals surface area contributed by atoms with Gasteiger partial charge in [-0.2, -0.15) is 0 Å². The van der Waals surface area contributed by atoms with Crippen LogP contribution in [-0.4, -0.2) is 22.5 Å². The number of benzene rings is 2. The van der Waals surface area contributed by atoms with Crippen molar-refractivity contribution in [3.05, 3.63) is 65.2 Å². The van der Waals surface area contributed by atoms with Crippen LogP contribution in [-0.2, 0) is 12.8 Å². The number of aryl methyl sites for hydroxylation is 1. The van der Waals surface area contributed by atoms with Crippen LogP contribution in [0.2, 0.25) is 0 Å². The van der Waals surface area contributed by atoms with Crippen molar-refractivity contribution in [1.82, 2.24) is 4.90 Å². The minimum atomic E-state index is -0.310. The van der Waals surface area contributed by atoms with Crippen LogP contribution in [0.4, 0.5) is 5.69 Å². The van der Waals surface area contributed by atoms with Gasteiger partial charge in [0.25, 0.3) is 5.91 Å². The molecule has 2 aromatic carbocycles. The molecule has 3 heteroatoms. The smallest absolute Gasteiger partial charge is 0.258 e. The molecule has 1 aliphatic heterocycles. The van der Waals surface area contributed by atoms with E-state index in [0.29, 0.717) is 0 Å². The SMILES string of the molecule is CC[C@@H](C)N1C(=O)c2ccccc2N[C@@]12CCc1ccccc1C2. The molecule has 1 aliphatic carbocycles. The van der Waals surface area contributed by atoms with E-state index in [9.17, 15) is 4.79 Å². The topological polar surface area (TPSA) is 32.3 Å². The van der Waals surface area contributed by atoms with Crippen molar-refractivity contribution < 1.29 is 4.79 Å². The largest absolute Gasteiger partial charge is 0.362 e. The van der Waals surface area contributed by atoms with Gasteiger partial charge in [0.1, 0.15) is 5.66 Å². The van der Waals surface area contributed by atoms with Gasteiger partial charge in [0.15, 0.2) is 0 Å². The molecule has 0 bridgehead atoms. The summed E-state index contributed by atoms with van der Waals surface area (Å²) in [5.74, 6) is 0.165. The van der Waals surface area contributed by atoms with Crippen LogP contribution in [0.25, 0.3) is 0 Å². The van der Waals surface area contributed by atoms with E-state index >= 15 is 0 Å². The monoisotopic (exact) mass is 320 g/mol. The summed E-state index contributed by atoms with van der Waals surface area (Å²) in [6, 6.07) is 16.8. The fourth-order valence-corrected chi connectivity index (χ4v) is 4.25. The van der Waals surface area contributed by atoms with Crippen LogP contribution in [0.5, 0.6) is 0 Å². The van der Waals surface area contributed by atoms with Crippen LogP contribution in [0, 0.1) is 0 Å². The van der Waals surface area contributed by atoms with Gasteiger partial charge in [-0.05, 0) is 49.4 Å². The highest BCUT2D eigenvalue weighted by Gasteiger charge is 2.47. The lowest BCUT2D eigenvalue weighted by atomic mass is 9.80. The van der Waals surface area contributed by atoms with E-state index in [0.717, 1.165) is 36.9 Å². The van der Waals surface area contributed by atoms with Gasteiger partial charge in [0.2, 0.25) is 0 Å². The predicted molar refractivity (Wildman–Crippen MR) is 97.2 cm³/mol. The Balaban J connectivity index is 1.82. The van der Waals surface area contributed by atoms with Gasteiger partial charge in [0.05, 0.1) is 5.56 Å². The van der Waals surface area contributed by atoms with E-state index in [1.165, 1.54) is 11.1 Å². The molecule has 4 rings (SSSR count). The number of nitrogens with one attached hydrogen (secondary N) is 1. The Kier molecular flexibility index (Phi) is 3.60. The molecule has 2 aromatic rings. The van der Waals surface area contributed by atoms with Crippen molar-refractivity contribution in [2.45, 2.75) is 51.2 Å². The molecule has 124 valence electrons. The molecule has 1 N–H and O–H groups in total. The summed E-state index contributed by atoms with van der Waals surface area (Å²) >= 11 is 0. The van der Waals surface area contributed by atoms with Crippen LogP contribution in [0.1, 0.15) is 48.2 Å². The zero-order valence-electron chi connectivity index (χ0n) is 14.4. The lowest BCUT2D eigenvalue weighted by Gasteiger charge is -2.53. The molecular formula is C21H24N2O. The minimum absolute atomic E-state index is 0.165. The molecule has 0 radical (unpaired) electrons. The molecule has 24 heavy (non-hydrogen) atoms. The number of hydrogen-bond donors (Lipinski definition) is 1. The van der Waals surface area contributed by atoms with E-state index in [4.69, 9.17) is 0 Å². The number of carbonyl (C=O) groups excluding carboxylic acids is 1. The average Bonchev–Trinajstić information content (AvgIpc) is 2.61. The van der Waals surface area contributed by atoms with E-state index in [2.05, 4.69) is 48.3 Å². The Morgan fingerprint density at radius 2 is 1.83 bits per heavy atom. The molecule has 1 spiro atoms. The first-order chi connectivity index (χ1) is 11.6. The molecule has 1 amide bonds. The maximum atomic E-state index is 13.3. The number of nitrogens with zero attached hydrogens (tertiary/aromatic N) is 1. The third-order valence-corrected chi connectivity index (χ3v) is 5.65. The molecule has 0 fully saturated rings. The summed E-state index contributed by atoms with van der Waals surface area (Å²) in [6.45, 7) is 4.32. The van der Waals surface area contributed by atoms with Gasteiger partial charge in [-0.15, -0.1) is 0 Å². The van der Waals surface area contributed by atoms with Crippen LogP contribution < -0.4 is 5.32 Å². The zero-order chi connectivity index (χ0) is 16.7. The Bertz CT molecular complexity index is 785. The predicted octanol–water partition coefficient (Wildman–Crippen LogP) is 4.24. The van der Waals surface area contributed by atoms with Crippen molar-refractivity contribution in [3.8, 4) is 0 Å². The summed E-state index contributed by atoms with van der Waals surface area (Å²) in [4.78, 5) is 15.4. The van der Waals surface area contributed by atoms with E-state index in [-0.39, 0.29) is 17.6 Å². The van der Waals surface area contributed by atoms with Crippen molar-refractivity contribution >= 4 is 11.6 Å². The molecule has 0 unspecified atom stereocenters. The Morgan fingerprint density at radius 3 is 2.62 bits per heavy atom. The molecule has 0 saturated heterocycles. The second-order valence-corrected chi connectivity index (χ2v) is 7.08. The number of fused-ring (bicyclic) bond motifs is 2. The summed E-state index contributed by atoms with van der Waals surface area (Å²) in [5.41, 5.74) is 4.23. The van der Waals surface area contributed by atoms with Gasteiger partial charge < -0.3 is 10.2 Å². The number of carbonyl (C=O) groups is 1. The van der Waals surface area contributed by atoms with Crippen LogP contribution in [0.3, 0.4) is 0 Å². The fraction of sp³-hybridized carbons (Fsp3) is 0.381. The highest BCUT2D eigenvalue weighted by atomic mass is 16.2. The third-order valence-electron chi connectivity index (χ3n) is 5.65. The first kappa shape index (κ1) is 15.3. The molecule has 2 atom stereocenters. The molecule has 2 aliphatic rings. The molecule has 1 heterocycles. The van der Waals surface area contributed by atoms with Crippen LogP contribution in [0.15, 0.2) is 48.5 Å². The van der Waals surface area contributed by atoms with Crippen LogP contribution >= 0.6 is 0 Å². The Hall–Kier alpha value is -2.29. The molecule has 0 aromatic heterocycles. The summed E-state index contributed by atoms with van der Waals surface area (Å²) in [5, 5.41) is 3.75. The normalized spacial score (nSPS) is 23.4. The number of amides is 1. The van der Waals surface area contributed by atoms with Gasteiger partial charge in [-0.3, -0.25) is 4.79 Å². The van der Waals surface area contributed by atoms with Gasteiger partial charge in [-0.1, -0.05) is 43.3 Å².